The van der Waals surface area contributed by atoms with Gasteiger partial charge in [-0.15, -0.1) is 0 Å². The van der Waals surface area contributed by atoms with Crippen molar-refractivity contribution in [1.29, 1.82) is 0 Å². The van der Waals surface area contributed by atoms with Crippen molar-refractivity contribution in [2.45, 2.75) is 44.6 Å². The van der Waals surface area contributed by atoms with Crippen LogP contribution in [0.25, 0.3) is 0 Å². The highest BCUT2D eigenvalue weighted by Gasteiger charge is 2.58. The Hall–Kier alpha value is -3.22. The van der Waals surface area contributed by atoms with Gasteiger partial charge in [0.05, 0.1) is 16.3 Å². The monoisotopic (exact) mass is 394 g/mol. The minimum absolute atomic E-state index is 0.0252. The van der Waals surface area contributed by atoms with Crippen molar-refractivity contribution in [3.63, 3.8) is 0 Å². The number of rotatable bonds is 4. The predicted octanol–water partition coefficient (Wildman–Crippen LogP) is 3.37. The highest BCUT2D eigenvalue weighted by atomic mass is 16.6. The number of carbonyl (C=O) groups excluding carboxylic acids is 1. The number of para-hydroxylation sites is 1. The molecule has 0 unspecified atom stereocenters. The molecule has 0 spiro atoms. The smallest absolute Gasteiger partial charge is 0.289 e. The van der Waals surface area contributed by atoms with Crippen molar-refractivity contribution in [2.75, 3.05) is 6.54 Å². The van der Waals surface area contributed by atoms with Crippen molar-refractivity contribution in [3.8, 4) is 5.75 Å². The standard InChI is InChI=1S/C22H23N3O4/c1-4-23-21(27)20-15(14-11-13(25(28)29)9-10-18(14)26)12-19-22(2,3)16-7-5-6-8-17(16)24(19)20/h5-11,15,20H,4,12H2,1-3H3,(H-,23,26,27)/p+1/t15-,20+/m0/s1. The number of nitro groups is 1. The Labute approximate surface area is 168 Å². The van der Waals surface area contributed by atoms with Gasteiger partial charge in [0.2, 0.25) is 11.7 Å². The van der Waals surface area contributed by atoms with Gasteiger partial charge in [0.25, 0.3) is 11.6 Å². The van der Waals surface area contributed by atoms with E-state index in [9.17, 15) is 20.0 Å². The van der Waals surface area contributed by atoms with Gasteiger partial charge in [-0.1, -0.05) is 18.2 Å². The van der Waals surface area contributed by atoms with Crippen molar-refractivity contribution >= 4 is 23.0 Å². The predicted molar refractivity (Wildman–Crippen MR) is 109 cm³/mol. The van der Waals surface area contributed by atoms with E-state index < -0.39 is 11.0 Å². The number of non-ortho nitro benzene ring substituents is 1. The van der Waals surface area contributed by atoms with Gasteiger partial charge in [-0.25, -0.2) is 0 Å². The van der Waals surface area contributed by atoms with Crippen LogP contribution in [-0.4, -0.2) is 38.8 Å². The van der Waals surface area contributed by atoms with E-state index >= 15 is 0 Å². The molecule has 29 heavy (non-hydrogen) atoms. The molecule has 4 rings (SSSR count). The second kappa shape index (κ2) is 6.69. The minimum atomic E-state index is -0.583. The van der Waals surface area contributed by atoms with E-state index in [1.54, 1.807) is 0 Å². The topological polar surface area (TPSA) is 95.5 Å². The van der Waals surface area contributed by atoms with Crippen LogP contribution >= 0.6 is 0 Å². The Morgan fingerprint density at radius 1 is 1.31 bits per heavy atom. The summed E-state index contributed by atoms with van der Waals surface area (Å²) in [6, 6.07) is 11.5. The molecule has 0 saturated carbocycles. The molecule has 2 aromatic carbocycles. The normalized spacial score (nSPS) is 21.6. The van der Waals surface area contributed by atoms with Gasteiger partial charge >= 0.3 is 0 Å². The highest BCUT2D eigenvalue weighted by Crippen LogP contribution is 2.50. The molecule has 0 saturated heterocycles. The number of hydrogen-bond acceptors (Lipinski definition) is 4. The molecule has 7 nitrogen and oxygen atoms in total. The second-order valence-corrected chi connectivity index (χ2v) is 8.11. The summed E-state index contributed by atoms with van der Waals surface area (Å²) in [5.74, 6) is -0.558. The van der Waals surface area contributed by atoms with E-state index in [2.05, 4.69) is 29.8 Å². The maximum Gasteiger partial charge on any atom is 0.289 e. The first kappa shape index (κ1) is 19.1. The zero-order valence-corrected chi connectivity index (χ0v) is 16.7. The van der Waals surface area contributed by atoms with E-state index in [0.29, 0.717) is 18.5 Å². The number of aromatic hydroxyl groups is 1. The van der Waals surface area contributed by atoms with Gasteiger partial charge in [0, 0.05) is 42.3 Å². The maximum atomic E-state index is 13.1. The van der Waals surface area contributed by atoms with Gasteiger partial charge in [-0.05, 0) is 26.8 Å². The average Bonchev–Trinajstić information content (AvgIpc) is 3.18. The first-order chi connectivity index (χ1) is 13.8. The van der Waals surface area contributed by atoms with Crippen LogP contribution in [0.1, 0.15) is 44.2 Å². The lowest BCUT2D eigenvalue weighted by atomic mass is 9.76. The summed E-state index contributed by atoms with van der Waals surface area (Å²) in [6.45, 7) is 6.60. The van der Waals surface area contributed by atoms with E-state index in [1.807, 2.05) is 25.1 Å². The molecule has 7 heteroatoms. The number of benzene rings is 2. The Balaban J connectivity index is 1.88. The lowest BCUT2D eigenvalue weighted by Crippen LogP contribution is -2.41. The molecular weight excluding hydrogens is 370 g/mol. The van der Waals surface area contributed by atoms with Crippen molar-refractivity contribution < 1.29 is 19.4 Å². The van der Waals surface area contributed by atoms with Gasteiger partial charge < -0.3 is 10.4 Å². The molecule has 2 heterocycles. The molecule has 2 atom stereocenters. The Kier molecular flexibility index (Phi) is 4.41. The number of carbonyl (C=O) groups is 1. The van der Waals surface area contributed by atoms with Gasteiger partial charge in [-0.2, -0.15) is 4.58 Å². The summed E-state index contributed by atoms with van der Waals surface area (Å²) in [5, 5.41) is 24.7. The van der Waals surface area contributed by atoms with Crippen LogP contribution in [0.2, 0.25) is 0 Å². The first-order valence-corrected chi connectivity index (χ1v) is 9.77. The number of nitro benzene ring substituents is 1. The van der Waals surface area contributed by atoms with Crippen LogP contribution in [0.3, 0.4) is 0 Å². The Morgan fingerprint density at radius 2 is 2.03 bits per heavy atom. The van der Waals surface area contributed by atoms with Gasteiger partial charge in [0.1, 0.15) is 5.75 Å². The minimum Gasteiger partial charge on any atom is -0.508 e. The van der Waals surface area contributed by atoms with E-state index in [1.165, 1.54) is 18.2 Å². The van der Waals surface area contributed by atoms with Crippen LogP contribution < -0.4 is 5.32 Å². The summed E-state index contributed by atoms with van der Waals surface area (Å²) < 4.78 is 2.07. The molecule has 0 bridgehead atoms. The van der Waals surface area contributed by atoms with E-state index in [-0.39, 0.29) is 28.7 Å². The number of phenolic OH excluding ortho intramolecular Hbond substituents is 1. The number of hydrogen-bond donors (Lipinski definition) is 2. The molecular formula is C22H24N3O4+. The number of amides is 1. The molecule has 2 N–H and O–H groups in total. The Morgan fingerprint density at radius 3 is 2.72 bits per heavy atom. The lowest BCUT2D eigenvalue weighted by molar-refractivity contribution is -0.461. The number of nitrogens with zero attached hydrogens (tertiary/aromatic N) is 2. The molecule has 150 valence electrons. The fourth-order valence-corrected chi connectivity index (χ4v) is 4.80. The number of likely N-dealkylation sites (N-methyl/N-ethyl adjacent to an activating group) is 1. The van der Waals surface area contributed by atoms with Crippen LogP contribution in [0.4, 0.5) is 11.4 Å². The lowest BCUT2D eigenvalue weighted by Gasteiger charge is -2.21. The average molecular weight is 394 g/mol. The first-order valence-electron chi connectivity index (χ1n) is 9.77. The molecule has 0 fully saturated rings. The maximum absolute atomic E-state index is 13.1. The zero-order valence-electron chi connectivity index (χ0n) is 16.7. The summed E-state index contributed by atoms with van der Waals surface area (Å²) >= 11 is 0. The summed E-state index contributed by atoms with van der Waals surface area (Å²) in [5.41, 5.74) is 3.30. The third-order valence-corrected chi connectivity index (χ3v) is 6.16. The zero-order chi connectivity index (χ0) is 20.9. The van der Waals surface area contributed by atoms with E-state index in [0.717, 1.165) is 17.0 Å². The quantitative estimate of drug-likeness (QED) is 0.472. The summed E-state index contributed by atoms with van der Waals surface area (Å²) in [4.78, 5) is 24.0. The second-order valence-electron chi connectivity index (χ2n) is 8.11. The van der Waals surface area contributed by atoms with Crippen LogP contribution in [0, 0.1) is 10.1 Å². The Bertz CT molecular complexity index is 1060. The molecule has 1 amide bonds. The van der Waals surface area contributed by atoms with Crippen LogP contribution in [-0.2, 0) is 10.2 Å². The molecule has 0 aromatic heterocycles. The number of phenols is 1. The van der Waals surface area contributed by atoms with Gasteiger partial charge in [-0.3, -0.25) is 14.9 Å². The van der Waals surface area contributed by atoms with Crippen molar-refractivity contribution in [3.05, 3.63) is 63.7 Å². The fraction of sp³-hybridized carbons (Fsp3) is 0.364. The highest BCUT2D eigenvalue weighted by molar-refractivity contribution is 5.99. The largest absolute Gasteiger partial charge is 0.508 e. The fourth-order valence-electron chi connectivity index (χ4n) is 4.80. The molecule has 2 aliphatic heterocycles. The molecule has 0 aliphatic carbocycles. The van der Waals surface area contributed by atoms with E-state index in [4.69, 9.17) is 0 Å². The molecule has 0 radical (unpaired) electrons. The van der Waals surface area contributed by atoms with Crippen LogP contribution in [0.15, 0.2) is 42.5 Å². The van der Waals surface area contributed by atoms with Gasteiger partial charge in [0.15, 0.2) is 5.71 Å². The van der Waals surface area contributed by atoms with Crippen molar-refractivity contribution in [1.82, 2.24) is 5.32 Å². The third kappa shape index (κ3) is 2.80. The summed E-state index contributed by atoms with van der Waals surface area (Å²) in [6.07, 6.45) is 0.540. The summed E-state index contributed by atoms with van der Waals surface area (Å²) in [7, 11) is 0. The number of nitrogens with one attached hydrogen (secondary N) is 1. The number of fused-ring (bicyclic) bond motifs is 2. The SMILES string of the molecule is CCNC(=O)[C@H]1[C@H](c2cc([N+](=O)[O-])ccc2O)CC2=[N+]1c1ccccc1C2(C)C. The molecule has 2 aliphatic rings. The molecule has 2 aromatic rings. The third-order valence-electron chi connectivity index (χ3n) is 6.16. The van der Waals surface area contributed by atoms with Crippen molar-refractivity contribution in [2.24, 2.45) is 0 Å². The van der Waals surface area contributed by atoms with Crippen LogP contribution in [0.5, 0.6) is 5.75 Å².